The quantitative estimate of drug-likeness (QED) is 0.882. The molecule has 0 aliphatic carbocycles. The lowest BCUT2D eigenvalue weighted by Crippen LogP contribution is -2.75. The summed E-state index contributed by atoms with van der Waals surface area (Å²) in [6.45, 7) is 1.78. The third kappa shape index (κ3) is 2.43. The summed E-state index contributed by atoms with van der Waals surface area (Å²) in [7, 11) is -4.28. The zero-order valence-electron chi connectivity index (χ0n) is 12.3. The molecule has 2 heterocycles. The van der Waals surface area contributed by atoms with Crippen molar-refractivity contribution in [1.82, 2.24) is 9.62 Å². The van der Waals surface area contributed by atoms with Gasteiger partial charge in [0.15, 0.2) is 0 Å². The molecule has 1 spiro atoms. The highest BCUT2D eigenvalue weighted by Crippen LogP contribution is 2.37. The maximum absolute atomic E-state index is 13.2. The molecule has 9 heteroatoms. The molecule has 6 nitrogen and oxygen atoms in total. The Morgan fingerprint density at radius 3 is 2.57 bits per heavy atom. The fraction of sp³-hybridized carbons (Fsp3) is 0.500. The van der Waals surface area contributed by atoms with Gasteiger partial charge in [0.1, 0.15) is 11.6 Å². The van der Waals surface area contributed by atoms with Crippen LogP contribution in [-0.4, -0.2) is 50.0 Å². The van der Waals surface area contributed by atoms with Gasteiger partial charge in [0.2, 0.25) is 15.9 Å². The van der Waals surface area contributed by atoms with E-state index in [1.54, 1.807) is 0 Å². The number of rotatable bonds is 3. The minimum absolute atomic E-state index is 0.103. The van der Waals surface area contributed by atoms with Crippen LogP contribution in [0.3, 0.4) is 0 Å². The van der Waals surface area contributed by atoms with Crippen LogP contribution in [0.1, 0.15) is 18.9 Å². The molecule has 1 aromatic rings. The van der Waals surface area contributed by atoms with E-state index in [2.05, 4.69) is 5.32 Å². The summed E-state index contributed by atoms with van der Waals surface area (Å²) in [5, 5.41) is 2.64. The molecule has 2 aliphatic rings. The summed E-state index contributed by atoms with van der Waals surface area (Å²) >= 11 is 0. The number of carbonyl (C=O) groups excluding carboxylic acids is 1. The van der Waals surface area contributed by atoms with Gasteiger partial charge in [-0.1, -0.05) is 18.2 Å². The van der Waals surface area contributed by atoms with E-state index in [1.807, 2.05) is 0 Å². The normalized spacial score (nSPS) is 24.5. The number of halogens is 2. The van der Waals surface area contributed by atoms with Crippen LogP contribution >= 0.6 is 0 Å². The fourth-order valence-electron chi connectivity index (χ4n) is 3.03. The van der Waals surface area contributed by atoms with Gasteiger partial charge in [0.25, 0.3) is 6.43 Å². The second-order valence-electron chi connectivity index (χ2n) is 5.75. The van der Waals surface area contributed by atoms with Crippen LogP contribution in [0.2, 0.25) is 0 Å². The number of piperazine rings is 1. The standard InChI is InChI=1S/C14H16F2N2O4S/c1-9-13(19)17-6-14(7-22-8-14)18(9)23(20,21)11-5-3-2-4-10(11)12(15)16/h2-5,9,12H,6-8H2,1H3,(H,17,19)/t9-/m0/s1. The molecule has 0 saturated carbocycles. The number of sulfonamides is 1. The van der Waals surface area contributed by atoms with Gasteiger partial charge in [-0.3, -0.25) is 4.79 Å². The number of benzene rings is 1. The monoisotopic (exact) mass is 346 g/mol. The molecule has 126 valence electrons. The van der Waals surface area contributed by atoms with E-state index in [1.165, 1.54) is 19.1 Å². The molecule has 0 radical (unpaired) electrons. The number of hydrogen-bond donors (Lipinski definition) is 1. The second kappa shape index (κ2) is 5.50. The number of amides is 1. The van der Waals surface area contributed by atoms with Crippen LogP contribution in [0.5, 0.6) is 0 Å². The van der Waals surface area contributed by atoms with Crippen molar-refractivity contribution in [2.45, 2.75) is 29.8 Å². The molecule has 23 heavy (non-hydrogen) atoms. The highest BCUT2D eigenvalue weighted by molar-refractivity contribution is 7.89. The minimum Gasteiger partial charge on any atom is -0.377 e. The molecule has 1 aromatic carbocycles. The largest absolute Gasteiger partial charge is 0.377 e. The predicted octanol–water partition coefficient (Wildman–Crippen LogP) is 0.902. The van der Waals surface area contributed by atoms with Crippen LogP contribution in [0.25, 0.3) is 0 Å². The van der Waals surface area contributed by atoms with Crippen molar-refractivity contribution in [3.63, 3.8) is 0 Å². The fourth-order valence-corrected chi connectivity index (χ4v) is 5.14. The molecular formula is C14H16F2N2O4S. The van der Waals surface area contributed by atoms with Crippen molar-refractivity contribution in [3.8, 4) is 0 Å². The SMILES string of the molecule is C[C@H]1C(=O)NCC2(COC2)N1S(=O)(=O)c1ccccc1C(F)F. The van der Waals surface area contributed by atoms with E-state index >= 15 is 0 Å². The number of nitrogens with zero attached hydrogens (tertiary/aromatic N) is 1. The summed E-state index contributed by atoms with van der Waals surface area (Å²) < 4.78 is 58.6. The second-order valence-corrected chi connectivity index (χ2v) is 7.53. The van der Waals surface area contributed by atoms with Crippen molar-refractivity contribution in [1.29, 1.82) is 0 Å². The van der Waals surface area contributed by atoms with Gasteiger partial charge in [0, 0.05) is 12.1 Å². The van der Waals surface area contributed by atoms with Gasteiger partial charge in [-0.2, -0.15) is 4.31 Å². The molecule has 2 aliphatic heterocycles. The van der Waals surface area contributed by atoms with E-state index in [-0.39, 0.29) is 19.8 Å². The summed E-state index contributed by atoms with van der Waals surface area (Å²) in [6, 6.07) is 3.97. The Labute approximate surface area is 132 Å². The van der Waals surface area contributed by atoms with E-state index in [0.717, 1.165) is 16.4 Å². The number of ether oxygens (including phenoxy) is 1. The summed E-state index contributed by atoms with van der Waals surface area (Å²) in [5.41, 5.74) is -1.48. The molecular weight excluding hydrogens is 330 g/mol. The van der Waals surface area contributed by atoms with Crippen LogP contribution in [-0.2, 0) is 19.6 Å². The van der Waals surface area contributed by atoms with Crippen molar-refractivity contribution in [2.75, 3.05) is 19.8 Å². The Bertz CT molecular complexity index is 734. The molecule has 3 rings (SSSR count). The van der Waals surface area contributed by atoms with E-state index in [0.29, 0.717) is 0 Å². The van der Waals surface area contributed by atoms with Gasteiger partial charge < -0.3 is 10.1 Å². The molecule has 1 atom stereocenters. The smallest absolute Gasteiger partial charge is 0.265 e. The minimum atomic E-state index is -4.28. The Balaban J connectivity index is 2.12. The molecule has 2 saturated heterocycles. The Morgan fingerprint density at radius 2 is 2.00 bits per heavy atom. The Hall–Kier alpha value is -1.58. The van der Waals surface area contributed by atoms with Gasteiger partial charge in [-0.15, -0.1) is 0 Å². The third-order valence-electron chi connectivity index (χ3n) is 4.22. The molecule has 0 unspecified atom stereocenters. The number of alkyl halides is 2. The molecule has 0 bridgehead atoms. The lowest BCUT2D eigenvalue weighted by atomic mass is 9.93. The number of hydrogen-bond acceptors (Lipinski definition) is 4. The van der Waals surface area contributed by atoms with E-state index in [9.17, 15) is 22.0 Å². The third-order valence-corrected chi connectivity index (χ3v) is 6.37. The van der Waals surface area contributed by atoms with Crippen LogP contribution in [0, 0.1) is 0 Å². The highest BCUT2D eigenvalue weighted by atomic mass is 32.2. The maximum Gasteiger partial charge on any atom is 0.265 e. The highest BCUT2D eigenvalue weighted by Gasteiger charge is 2.56. The molecule has 1 amide bonds. The van der Waals surface area contributed by atoms with Gasteiger partial charge in [-0.05, 0) is 13.0 Å². The maximum atomic E-state index is 13.2. The van der Waals surface area contributed by atoms with Gasteiger partial charge >= 0.3 is 0 Å². The predicted molar refractivity (Wildman–Crippen MR) is 76.4 cm³/mol. The molecule has 2 fully saturated rings. The van der Waals surface area contributed by atoms with Crippen LogP contribution < -0.4 is 5.32 Å². The molecule has 1 N–H and O–H groups in total. The first kappa shape index (κ1) is 16.3. The topological polar surface area (TPSA) is 75.7 Å². The average molecular weight is 346 g/mol. The summed E-state index contributed by atoms with van der Waals surface area (Å²) in [4.78, 5) is 11.5. The van der Waals surface area contributed by atoms with Crippen molar-refractivity contribution in [3.05, 3.63) is 29.8 Å². The summed E-state index contributed by atoms with van der Waals surface area (Å²) in [6.07, 6.45) is -2.93. The first-order valence-electron chi connectivity index (χ1n) is 7.07. The van der Waals surface area contributed by atoms with Crippen LogP contribution in [0.4, 0.5) is 8.78 Å². The van der Waals surface area contributed by atoms with E-state index < -0.39 is 44.4 Å². The van der Waals surface area contributed by atoms with Crippen molar-refractivity contribution >= 4 is 15.9 Å². The van der Waals surface area contributed by atoms with Gasteiger partial charge in [0.05, 0.1) is 18.1 Å². The molecule has 0 aromatic heterocycles. The lowest BCUT2D eigenvalue weighted by Gasteiger charge is -2.53. The first-order chi connectivity index (χ1) is 10.8. The van der Waals surface area contributed by atoms with Crippen molar-refractivity contribution < 1.29 is 26.7 Å². The number of nitrogens with one attached hydrogen (secondary N) is 1. The zero-order valence-corrected chi connectivity index (χ0v) is 13.1. The Morgan fingerprint density at radius 1 is 1.35 bits per heavy atom. The Kier molecular flexibility index (Phi) is 3.89. The lowest BCUT2D eigenvalue weighted by molar-refractivity contribution is -0.153. The summed E-state index contributed by atoms with van der Waals surface area (Å²) in [5.74, 6) is -0.458. The van der Waals surface area contributed by atoms with E-state index in [4.69, 9.17) is 4.74 Å². The number of carbonyl (C=O) groups is 1. The zero-order chi connectivity index (χ0) is 16.8. The van der Waals surface area contributed by atoms with Crippen molar-refractivity contribution in [2.24, 2.45) is 0 Å². The van der Waals surface area contributed by atoms with Gasteiger partial charge in [-0.25, -0.2) is 17.2 Å². The van der Waals surface area contributed by atoms with Crippen LogP contribution in [0.15, 0.2) is 29.2 Å². The average Bonchev–Trinajstić information content (AvgIpc) is 2.48. The first-order valence-corrected chi connectivity index (χ1v) is 8.51.